The van der Waals surface area contributed by atoms with E-state index in [0.29, 0.717) is 0 Å². The molecule has 0 bridgehead atoms. The van der Waals surface area contributed by atoms with Crippen LogP contribution in [0.3, 0.4) is 0 Å². The average Bonchev–Trinajstić information content (AvgIpc) is 2.12. The summed E-state index contributed by atoms with van der Waals surface area (Å²) in [7, 11) is 3.92. The lowest BCUT2D eigenvalue weighted by Gasteiger charge is -2.39. The predicted molar refractivity (Wildman–Crippen MR) is 59.4 cm³/mol. The van der Waals surface area contributed by atoms with Crippen LogP contribution in [-0.2, 0) is 4.74 Å². The Kier molecular flexibility index (Phi) is 4.85. The van der Waals surface area contributed by atoms with Crippen LogP contribution in [0.15, 0.2) is 0 Å². The second-order valence-corrected chi connectivity index (χ2v) is 4.62. The van der Waals surface area contributed by atoms with Crippen LogP contribution in [0.5, 0.6) is 0 Å². The van der Waals surface area contributed by atoms with E-state index in [1.165, 1.54) is 19.3 Å². The maximum absolute atomic E-state index is 6.15. The molecule has 1 saturated carbocycles. The van der Waals surface area contributed by atoms with Gasteiger partial charge in [0.05, 0.1) is 0 Å². The standard InChI is InChI=1S/C11H24N2O/c1-13(8-4-10-14-2)9-7-11(12)5-3-6-11/h3-10,12H2,1-2H3. The van der Waals surface area contributed by atoms with Crippen LogP contribution >= 0.6 is 0 Å². The van der Waals surface area contributed by atoms with Crippen molar-refractivity contribution in [3.63, 3.8) is 0 Å². The monoisotopic (exact) mass is 200 g/mol. The highest BCUT2D eigenvalue weighted by atomic mass is 16.5. The lowest BCUT2D eigenvalue weighted by Crippen LogP contribution is -2.48. The summed E-state index contributed by atoms with van der Waals surface area (Å²) in [5, 5.41) is 0. The zero-order chi connectivity index (χ0) is 10.4. The second-order valence-electron chi connectivity index (χ2n) is 4.62. The Hall–Kier alpha value is -0.120. The van der Waals surface area contributed by atoms with Crippen molar-refractivity contribution in [1.82, 2.24) is 4.90 Å². The summed E-state index contributed by atoms with van der Waals surface area (Å²) in [5.41, 5.74) is 6.33. The van der Waals surface area contributed by atoms with Crippen molar-refractivity contribution >= 4 is 0 Å². The first-order chi connectivity index (χ1) is 6.66. The maximum Gasteiger partial charge on any atom is 0.0474 e. The maximum atomic E-state index is 6.15. The van der Waals surface area contributed by atoms with Gasteiger partial charge in [0.1, 0.15) is 0 Å². The first-order valence-electron chi connectivity index (χ1n) is 5.63. The Balaban J connectivity index is 1.99. The van der Waals surface area contributed by atoms with Gasteiger partial charge < -0.3 is 15.4 Å². The van der Waals surface area contributed by atoms with E-state index in [9.17, 15) is 0 Å². The number of hydrogen-bond donors (Lipinski definition) is 1. The molecular formula is C11H24N2O. The molecular weight excluding hydrogens is 176 g/mol. The van der Waals surface area contributed by atoms with E-state index in [0.717, 1.165) is 32.5 Å². The Morgan fingerprint density at radius 1 is 1.36 bits per heavy atom. The van der Waals surface area contributed by atoms with Crippen LogP contribution in [0.25, 0.3) is 0 Å². The fraction of sp³-hybridized carbons (Fsp3) is 1.00. The second kappa shape index (κ2) is 5.69. The van der Waals surface area contributed by atoms with Crippen molar-refractivity contribution in [1.29, 1.82) is 0 Å². The molecule has 0 aromatic carbocycles. The first kappa shape index (κ1) is 12.0. The van der Waals surface area contributed by atoms with Gasteiger partial charge in [0, 0.05) is 25.8 Å². The molecule has 0 aliphatic heterocycles. The van der Waals surface area contributed by atoms with E-state index in [4.69, 9.17) is 10.5 Å². The molecule has 0 aromatic rings. The smallest absolute Gasteiger partial charge is 0.0474 e. The topological polar surface area (TPSA) is 38.5 Å². The molecule has 0 spiro atoms. The third-order valence-electron chi connectivity index (χ3n) is 3.23. The van der Waals surface area contributed by atoms with Crippen LogP contribution in [-0.4, -0.2) is 44.3 Å². The zero-order valence-corrected chi connectivity index (χ0v) is 9.59. The van der Waals surface area contributed by atoms with Gasteiger partial charge in [-0.25, -0.2) is 0 Å². The van der Waals surface area contributed by atoms with Gasteiger partial charge in [0.15, 0.2) is 0 Å². The van der Waals surface area contributed by atoms with Crippen molar-refractivity contribution in [2.75, 3.05) is 33.9 Å². The summed E-state index contributed by atoms with van der Waals surface area (Å²) < 4.78 is 5.02. The van der Waals surface area contributed by atoms with Crippen LogP contribution in [0, 0.1) is 0 Å². The van der Waals surface area contributed by atoms with Crippen LogP contribution in [0.4, 0.5) is 0 Å². The summed E-state index contributed by atoms with van der Waals surface area (Å²) in [4.78, 5) is 2.35. The van der Waals surface area contributed by atoms with E-state index in [1.807, 2.05) is 0 Å². The molecule has 1 fully saturated rings. The number of hydrogen-bond acceptors (Lipinski definition) is 3. The molecule has 3 nitrogen and oxygen atoms in total. The molecule has 1 rings (SSSR count). The average molecular weight is 200 g/mol. The summed E-state index contributed by atoms with van der Waals surface area (Å²) >= 11 is 0. The molecule has 0 saturated heterocycles. The SMILES string of the molecule is COCCCN(C)CCC1(N)CCC1. The molecule has 0 heterocycles. The van der Waals surface area contributed by atoms with Crippen molar-refractivity contribution in [3.05, 3.63) is 0 Å². The van der Waals surface area contributed by atoms with Crippen LogP contribution in [0.2, 0.25) is 0 Å². The quantitative estimate of drug-likeness (QED) is 0.628. The van der Waals surface area contributed by atoms with Gasteiger partial charge in [0.2, 0.25) is 0 Å². The molecule has 0 unspecified atom stereocenters. The van der Waals surface area contributed by atoms with Gasteiger partial charge in [-0.2, -0.15) is 0 Å². The minimum absolute atomic E-state index is 0.176. The normalized spacial score (nSPS) is 19.7. The van der Waals surface area contributed by atoms with E-state index >= 15 is 0 Å². The fourth-order valence-corrected chi connectivity index (χ4v) is 1.89. The van der Waals surface area contributed by atoms with Gasteiger partial charge in [0.25, 0.3) is 0 Å². The summed E-state index contributed by atoms with van der Waals surface area (Å²) in [6, 6.07) is 0. The van der Waals surface area contributed by atoms with Crippen molar-refractivity contribution in [2.45, 2.75) is 37.6 Å². The van der Waals surface area contributed by atoms with Crippen LogP contribution in [0.1, 0.15) is 32.1 Å². The fourth-order valence-electron chi connectivity index (χ4n) is 1.89. The highest BCUT2D eigenvalue weighted by Crippen LogP contribution is 2.31. The molecule has 0 amide bonds. The molecule has 0 aromatic heterocycles. The van der Waals surface area contributed by atoms with Crippen molar-refractivity contribution < 1.29 is 4.74 Å². The Labute approximate surface area is 87.6 Å². The summed E-state index contributed by atoms with van der Waals surface area (Å²) in [5.74, 6) is 0. The van der Waals surface area contributed by atoms with Crippen molar-refractivity contribution in [2.24, 2.45) is 5.73 Å². The Morgan fingerprint density at radius 2 is 2.07 bits per heavy atom. The molecule has 1 aliphatic rings. The summed E-state index contributed by atoms with van der Waals surface area (Å²) in [6.07, 6.45) is 6.03. The summed E-state index contributed by atoms with van der Waals surface area (Å²) in [6.45, 7) is 3.10. The molecule has 0 radical (unpaired) electrons. The largest absolute Gasteiger partial charge is 0.385 e. The first-order valence-corrected chi connectivity index (χ1v) is 5.63. The molecule has 2 N–H and O–H groups in total. The highest BCUT2D eigenvalue weighted by Gasteiger charge is 2.31. The lowest BCUT2D eigenvalue weighted by molar-refractivity contribution is 0.165. The Morgan fingerprint density at radius 3 is 2.57 bits per heavy atom. The van der Waals surface area contributed by atoms with Crippen molar-refractivity contribution in [3.8, 4) is 0 Å². The molecule has 84 valence electrons. The minimum Gasteiger partial charge on any atom is -0.385 e. The number of ether oxygens (including phenoxy) is 1. The van der Waals surface area contributed by atoms with Gasteiger partial charge in [-0.05, 0) is 45.7 Å². The molecule has 1 aliphatic carbocycles. The van der Waals surface area contributed by atoms with Gasteiger partial charge >= 0.3 is 0 Å². The number of methoxy groups -OCH3 is 1. The van der Waals surface area contributed by atoms with E-state index in [2.05, 4.69) is 11.9 Å². The minimum atomic E-state index is 0.176. The van der Waals surface area contributed by atoms with E-state index < -0.39 is 0 Å². The highest BCUT2D eigenvalue weighted by molar-refractivity contribution is 4.92. The third-order valence-corrected chi connectivity index (χ3v) is 3.23. The number of nitrogens with two attached hydrogens (primary N) is 1. The zero-order valence-electron chi connectivity index (χ0n) is 9.59. The Bertz CT molecular complexity index is 157. The van der Waals surface area contributed by atoms with Crippen LogP contribution < -0.4 is 5.73 Å². The predicted octanol–water partition coefficient (Wildman–Crippen LogP) is 1.23. The molecule has 0 atom stereocenters. The molecule has 14 heavy (non-hydrogen) atoms. The van der Waals surface area contributed by atoms with Gasteiger partial charge in [-0.15, -0.1) is 0 Å². The third kappa shape index (κ3) is 3.95. The molecule has 3 heteroatoms. The van der Waals surface area contributed by atoms with E-state index in [1.54, 1.807) is 7.11 Å². The van der Waals surface area contributed by atoms with Gasteiger partial charge in [-0.3, -0.25) is 0 Å². The van der Waals surface area contributed by atoms with Gasteiger partial charge in [-0.1, -0.05) is 0 Å². The lowest BCUT2D eigenvalue weighted by atomic mass is 9.75. The number of rotatable bonds is 7. The number of nitrogens with zero attached hydrogens (tertiary/aromatic N) is 1. The van der Waals surface area contributed by atoms with E-state index in [-0.39, 0.29) is 5.54 Å².